The fraction of sp³-hybridized carbons (Fsp3) is 0.500. The van der Waals surface area contributed by atoms with Crippen LogP contribution in [0.1, 0.15) is 30.4 Å². The Kier molecular flexibility index (Phi) is 8.85. The molecule has 0 radical (unpaired) electrons. The average Bonchev–Trinajstić information content (AvgIpc) is 3.57. The van der Waals surface area contributed by atoms with Crippen molar-refractivity contribution in [1.82, 2.24) is 25.5 Å². The molecular formula is C28H33F3N6O3S. The maximum absolute atomic E-state index is 13.0. The highest BCUT2D eigenvalue weighted by atomic mass is 32.2. The van der Waals surface area contributed by atoms with Crippen LogP contribution in [0.2, 0.25) is 0 Å². The Morgan fingerprint density at radius 2 is 1.83 bits per heavy atom. The molecule has 0 saturated heterocycles. The van der Waals surface area contributed by atoms with E-state index in [-0.39, 0.29) is 18.2 Å². The Morgan fingerprint density at radius 3 is 2.51 bits per heavy atom. The first-order valence-corrected chi connectivity index (χ1v) is 14.2. The molecule has 13 heteroatoms. The highest BCUT2D eigenvalue weighted by Crippen LogP contribution is 2.44. The number of ether oxygens (including phenoxy) is 3. The molecule has 1 fully saturated rings. The quantitative estimate of drug-likeness (QED) is 0.335. The predicted molar refractivity (Wildman–Crippen MR) is 149 cm³/mol. The zero-order valence-corrected chi connectivity index (χ0v) is 24.1. The fourth-order valence-electron chi connectivity index (χ4n) is 5.58. The van der Waals surface area contributed by atoms with Gasteiger partial charge in [0, 0.05) is 49.2 Å². The lowest BCUT2D eigenvalue weighted by atomic mass is 10.1. The molecule has 0 bridgehead atoms. The summed E-state index contributed by atoms with van der Waals surface area (Å²) in [7, 11) is 6.72. The first-order chi connectivity index (χ1) is 19.7. The molecule has 0 spiro atoms. The summed E-state index contributed by atoms with van der Waals surface area (Å²) in [5, 5.41) is 12.0. The van der Waals surface area contributed by atoms with Crippen LogP contribution in [-0.2, 0) is 17.7 Å². The van der Waals surface area contributed by atoms with Gasteiger partial charge in [0.1, 0.15) is 17.2 Å². The van der Waals surface area contributed by atoms with Crippen molar-refractivity contribution in [3.63, 3.8) is 0 Å². The highest BCUT2D eigenvalue weighted by molar-refractivity contribution is 8.00. The van der Waals surface area contributed by atoms with Crippen LogP contribution in [0.15, 0.2) is 41.7 Å². The Hall–Kier alpha value is -3.16. The molecule has 3 aromatic rings. The SMILES string of the molecule is COc1cc(-c2ccc(CN[C@H]3C[C@@H](OC)[C@@H](N(C)c4ncnc5c4CC(CC(F)(F)F)S5)C3)cc2)nnc1OC. The number of benzene rings is 1. The molecule has 5 rings (SSSR count). The van der Waals surface area contributed by atoms with Gasteiger partial charge in [-0.3, -0.25) is 0 Å². The normalized spacial score (nSPS) is 22.0. The van der Waals surface area contributed by atoms with Crippen LogP contribution in [0.4, 0.5) is 19.0 Å². The van der Waals surface area contributed by atoms with E-state index in [0.717, 1.165) is 29.5 Å². The minimum absolute atomic E-state index is 0.0224. The van der Waals surface area contributed by atoms with Gasteiger partial charge >= 0.3 is 6.18 Å². The number of thioether (sulfide) groups is 1. The number of nitrogens with one attached hydrogen (secondary N) is 1. The van der Waals surface area contributed by atoms with Gasteiger partial charge in [-0.05, 0) is 24.8 Å². The Labute approximate surface area is 241 Å². The number of likely N-dealkylation sites (N-methyl/N-ethyl adjacent to an activating group) is 1. The van der Waals surface area contributed by atoms with E-state index in [1.54, 1.807) is 20.3 Å². The van der Waals surface area contributed by atoms with Gasteiger partial charge in [-0.2, -0.15) is 13.2 Å². The summed E-state index contributed by atoms with van der Waals surface area (Å²) in [5.74, 6) is 1.54. The van der Waals surface area contributed by atoms with Gasteiger partial charge < -0.3 is 24.4 Å². The van der Waals surface area contributed by atoms with Crippen LogP contribution < -0.4 is 19.7 Å². The van der Waals surface area contributed by atoms with Gasteiger partial charge in [-0.25, -0.2) is 9.97 Å². The smallest absolute Gasteiger partial charge is 0.390 e. The minimum atomic E-state index is -4.21. The number of alkyl halides is 3. The van der Waals surface area contributed by atoms with E-state index in [2.05, 4.69) is 30.4 Å². The monoisotopic (exact) mass is 590 g/mol. The van der Waals surface area contributed by atoms with E-state index in [1.807, 2.05) is 31.3 Å². The van der Waals surface area contributed by atoms with Crippen LogP contribution in [0.25, 0.3) is 11.3 Å². The standard InChI is InChI=1S/C28H33F3N6O3S/c1-37(25-20-11-19(13-28(29,30)31)41-27(20)34-15-33-25)22-9-18(10-23(22)38-2)32-14-16-5-7-17(8-6-16)21-12-24(39-3)26(40-4)36-35-21/h5-8,12,15,18-19,22-23,32H,9-11,13-14H2,1-4H3/t18-,19?,22+,23-/m1/s1. The molecule has 4 atom stereocenters. The maximum atomic E-state index is 13.0. The van der Waals surface area contributed by atoms with Crippen molar-refractivity contribution < 1.29 is 27.4 Å². The van der Waals surface area contributed by atoms with Crippen molar-refractivity contribution >= 4 is 17.6 Å². The van der Waals surface area contributed by atoms with Gasteiger partial charge in [0.2, 0.25) is 0 Å². The largest absolute Gasteiger partial charge is 0.491 e. The number of aromatic nitrogens is 4. The molecule has 2 aromatic heterocycles. The molecule has 0 amide bonds. The van der Waals surface area contributed by atoms with Gasteiger partial charge in [-0.15, -0.1) is 22.0 Å². The molecule has 2 aliphatic rings. The second-order valence-electron chi connectivity index (χ2n) is 10.3. The topological polar surface area (TPSA) is 94.5 Å². The number of hydrogen-bond acceptors (Lipinski definition) is 10. The van der Waals surface area contributed by atoms with E-state index in [9.17, 15) is 13.2 Å². The lowest BCUT2D eigenvalue weighted by Gasteiger charge is -2.31. The maximum Gasteiger partial charge on any atom is 0.390 e. The Bertz CT molecular complexity index is 1350. The van der Waals surface area contributed by atoms with E-state index in [1.165, 1.54) is 25.2 Å². The molecule has 1 aromatic carbocycles. The van der Waals surface area contributed by atoms with Crippen LogP contribution in [0.3, 0.4) is 0 Å². The Balaban J connectivity index is 1.21. The second kappa shape index (κ2) is 12.4. The predicted octanol–water partition coefficient (Wildman–Crippen LogP) is 4.69. The van der Waals surface area contributed by atoms with E-state index >= 15 is 0 Å². The van der Waals surface area contributed by atoms with Crippen molar-refractivity contribution in [3.8, 4) is 22.9 Å². The van der Waals surface area contributed by atoms with E-state index < -0.39 is 17.8 Å². The van der Waals surface area contributed by atoms with Crippen molar-refractivity contribution in [3.05, 3.63) is 47.8 Å². The zero-order chi connectivity index (χ0) is 29.1. The molecule has 3 heterocycles. The van der Waals surface area contributed by atoms with Crippen LogP contribution in [0, 0.1) is 0 Å². The molecule has 1 N–H and O–H groups in total. The summed E-state index contributed by atoms with van der Waals surface area (Å²) in [6.45, 7) is 0.675. The molecule has 41 heavy (non-hydrogen) atoms. The average molecular weight is 591 g/mol. The molecule has 1 saturated carbocycles. The fourth-order valence-corrected chi connectivity index (χ4v) is 6.84. The molecular weight excluding hydrogens is 557 g/mol. The lowest BCUT2D eigenvalue weighted by Crippen LogP contribution is -2.40. The summed E-state index contributed by atoms with van der Waals surface area (Å²) in [4.78, 5) is 10.8. The third kappa shape index (κ3) is 6.68. The summed E-state index contributed by atoms with van der Waals surface area (Å²) < 4.78 is 55.4. The minimum Gasteiger partial charge on any atom is -0.491 e. The summed E-state index contributed by atoms with van der Waals surface area (Å²) >= 11 is 1.19. The van der Waals surface area contributed by atoms with Crippen molar-refractivity contribution in [1.29, 1.82) is 0 Å². The summed E-state index contributed by atoms with van der Waals surface area (Å²) in [6.07, 6.45) is -1.73. The van der Waals surface area contributed by atoms with E-state index in [0.29, 0.717) is 41.1 Å². The molecule has 220 valence electrons. The third-order valence-corrected chi connectivity index (χ3v) is 8.89. The number of halogens is 3. The lowest BCUT2D eigenvalue weighted by molar-refractivity contribution is -0.134. The summed E-state index contributed by atoms with van der Waals surface area (Å²) in [5.41, 5.74) is 3.51. The van der Waals surface area contributed by atoms with Crippen molar-refractivity contribution in [2.75, 3.05) is 33.3 Å². The molecule has 1 aliphatic carbocycles. The second-order valence-corrected chi connectivity index (χ2v) is 11.5. The van der Waals surface area contributed by atoms with Crippen LogP contribution in [-0.4, -0.2) is 78.2 Å². The van der Waals surface area contributed by atoms with Gasteiger partial charge in [0.05, 0.1) is 38.5 Å². The summed E-state index contributed by atoms with van der Waals surface area (Å²) in [6, 6.07) is 10.1. The Morgan fingerprint density at radius 1 is 1.05 bits per heavy atom. The van der Waals surface area contributed by atoms with Crippen LogP contribution >= 0.6 is 11.8 Å². The number of nitrogens with zero attached hydrogens (tertiary/aromatic N) is 5. The molecule has 1 unspecified atom stereocenters. The number of methoxy groups -OCH3 is 3. The number of hydrogen-bond donors (Lipinski definition) is 1. The highest BCUT2D eigenvalue weighted by Gasteiger charge is 2.41. The van der Waals surface area contributed by atoms with Gasteiger partial charge in [0.25, 0.3) is 5.88 Å². The van der Waals surface area contributed by atoms with Gasteiger partial charge in [0.15, 0.2) is 5.75 Å². The molecule has 1 aliphatic heterocycles. The van der Waals surface area contributed by atoms with Crippen molar-refractivity contribution in [2.45, 2.75) is 66.9 Å². The van der Waals surface area contributed by atoms with E-state index in [4.69, 9.17) is 14.2 Å². The number of fused-ring (bicyclic) bond motifs is 1. The first-order valence-electron chi connectivity index (χ1n) is 13.3. The third-order valence-electron chi connectivity index (χ3n) is 7.64. The number of rotatable bonds is 10. The molecule has 9 nitrogen and oxygen atoms in total. The van der Waals surface area contributed by atoms with Crippen molar-refractivity contribution in [2.24, 2.45) is 0 Å². The zero-order valence-electron chi connectivity index (χ0n) is 23.3. The van der Waals surface area contributed by atoms with Gasteiger partial charge in [-0.1, -0.05) is 24.3 Å². The van der Waals surface area contributed by atoms with Crippen LogP contribution in [0.5, 0.6) is 11.6 Å². The first kappa shape index (κ1) is 29.3. The number of anilines is 1.